The Morgan fingerprint density at radius 3 is 2.64 bits per heavy atom. The van der Waals surface area contributed by atoms with E-state index in [2.05, 4.69) is 26.2 Å². The fraction of sp³-hybridized carbons (Fsp3) is 0.760. The van der Waals surface area contributed by atoms with Crippen LogP contribution in [0.5, 0.6) is 5.75 Å². The summed E-state index contributed by atoms with van der Waals surface area (Å²) in [5.41, 5.74) is 1.30. The molecule has 1 amide bonds. The van der Waals surface area contributed by atoms with E-state index in [4.69, 9.17) is 14.2 Å². The number of alkyl carbamates (subject to hydrolysis) is 1. The summed E-state index contributed by atoms with van der Waals surface area (Å²) in [5.74, 6) is 2.80. The SMILES string of the molecule is O=C(NC1CCC(CCN2CCN(c3nccc4c3OCC4)CC2)CC1)OC1CCOCC1. The molecule has 0 aromatic carbocycles. The van der Waals surface area contributed by atoms with E-state index in [1.54, 1.807) is 0 Å². The predicted molar refractivity (Wildman–Crippen MR) is 126 cm³/mol. The fourth-order valence-corrected chi connectivity index (χ4v) is 5.61. The topological polar surface area (TPSA) is 76.2 Å². The monoisotopic (exact) mass is 458 g/mol. The van der Waals surface area contributed by atoms with E-state index in [0.29, 0.717) is 13.2 Å². The van der Waals surface area contributed by atoms with Gasteiger partial charge in [-0.05, 0) is 50.6 Å². The van der Waals surface area contributed by atoms with Crippen LogP contribution in [-0.4, -0.2) is 80.7 Å². The van der Waals surface area contributed by atoms with E-state index in [1.165, 1.54) is 31.4 Å². The van der Waals surface area contributed by atoms with Crippen molar-refractivity contribution >= 4 is 11.9 Å². The van der Waals surface area contributed by atoms with Crippen LogP contribution in [0.3, 0.4) is 0 Å². The van der Waals surface area contributed by atoms with Crippen LogP contribution in [0.15, 0.2) is 12.3 Å². The van der Waals surface area contributed by atoms with Crippen LogP contribution in [0, 0.1) is 5.92 Å². The maximum absolute atomic E-state index is 12.2. The van der Waals surface area contributed by atoms with Crippen LogP contribution in [0.2, 0.25) is 0 Å². The van der Waals surface area contributed by atoms with Gasteiger partial charge in [0.1, 0.15) is 6.10 Å². The minimum absolute atomic E-state index is 0.0154. The van der Waals surface area contributed by atoms with Crippen LogP contribution in [0.25, 0.3) is 0 Å². The van der Waals surface area contributed by atoms with Gasteiger partial charge in [-0.3, -0.25) is 4.90 Å². The van der Waals surface area contributed by atoms with Crippen LogP contribution >= 0.6 is 0 Å². The minimum Gasteiger partial charge on any atom is -0.489 e. The Bertz CT molecular complexity index is 785. The number of fused-ring (bicyclic) bond motifs is 1. The standard InChI is InChI=1S/C25H38N4O4/c30-25(33-22-8-16-31-17-9-22)27-21-3-1-19(2-4-21)6-11-28-12-14-29(15-13-28)24-23-20(5-10-26-24)7-18-32-23/h5,10,19,21-22H,1-4,6-9,11-18H2,(H,27,30). The molecule has 0 unspecified atom stereocenters. The number of amides is 1. The largest absolute Gasteiger partial charge is 0.489 e. The van der Waals surface area contributed by atoms with Gasteiger partial charge in [-0.2, -0.15) is 0 Å². The van der Waals surface area contributed by atoms with E-state index in [0.717, 1.165) is 82.4 Å². The highest BCUT2D eigenvalue weighted by Gasteiger charge is 2.27. The number of hydrogen-bond donors (Lipinski definition) is 1. The third kappa shape index (κ3) is 5.90. The van der Waals surface area contributed by atoms with Gasteiger partial charge in [-0.1, -0.05) is 0 Å². The highest BCUT2D eigenvalue weighted by atomic mass is 16.6. The van der Waals surface area contributed by atoms with Crippen molar-refractivity contribution in [2.45, 2.75) is 63.5 Å². The zero-order valence-electron chi connectivity index (χ0n) is 19.7. The number of carbonyl (C=O) groups is 1. The number of pyridine rings is 1. The van der Waals surface area contributed by atoms with E-state index in [-0.39, 0.29) is 18.2 Å². The third-order valence-corrected chi connectivity index (χ3v) is 7.72. The average molecular weight is 459 g/mol. The van der Waals surface area contributed by atoms with Gasteiger partial charge < -0.3 is 24.4 Å². The van der Waals surface area contributed by atoms with E-state index in [9.17, 15) is 4.79 Å². The molecule has 33 heavy (non-hydrogen) atoms. The van der Waals surface area contributed by atoms with Crippen molar-refractivity contribution in [1.29, 1.82) is 0 Å². The van der Waals surface area contributed by atoms with Gasteiger partial charge in [0, 0.05) is 63.2 Å². The summed E-state index contributed by atoms with van der Waals surface area (Å²) < 4.78 is 16.7. The molecule has 3 fully saturated rings. The summed E-state index contributed by atoms with van der Waals surface area (Å²) in [6, 6.07) is 2.35. The summed E-state index contributed by atoms with van der Waals surface area (Å²) in [6.07, 6.45) is 10.1. The van der Waals surface area contributed by atoms with Gasteiger partial charge >= 0.3 is 6.09 Å². The van der Waals surface area contributed by atoms with Crippen molar-refractivity contribution in [3.05, 3.63) is 17.8 Å². The van der Waals surface area contributed by atoms with Crippen LogP contribution in [0.1, 0.15) is 50.5 Å². The first-order valence-electron chi connectivity index (χ1n) is 12.9. The normalized spacial score (nSPS) is 26.5. The number of nitrogens with one attached hydrogen (secondary N) is 1. The smallest absolute Gasteiger partial charge is 0.407 e. The molecule has 0 radical (unpaired) electrons. The maximum atomic E-state index is 12.2. The number of rotatable bonds is 6. The quantitative estimate of drug-likeness (QED) is 0.702. The Balaban J connectivity index is 0.980. The molecular weight excluding hydrogens is 420 g/mol. The molecule has 3 aliphatic heterocycles. The second-order valence-electron chi connectivity index (χ2n) is 9.92. The Morgan fingerprint density at radius 1 is 1.06 bits per heavy atom. The fourth-order valence-electron chi connectivity index (χ4n) is 5.61. The van der Waals surface area contributed by atoms with E-state index in [1.807, 2.05) is 6.20 Å². The molecule has 1 aromatic rings. The van der Waals surface area contributed by atoms with Gasteiger partial charge in [0.05, 0.1) is 19.8 Å². The van der Waals surface area contributed by atoms with Crippen molar-refractivity contribution in [3.8, 4) is 5.75 Å². The Labute approximate surface area is 196 Å². The first-order chi connectivity index (χ1) is 16.2. The summed E-state index contributed by atoms with van der Waals surface area (Å²) in [7, 11) is 0. The highest BCUT2D eigenvalue weighted by molar-refractivity contribution is 5.67. The summed E-state index contributed by atoms with van der Waals surface area (Å²) in [4.78, 5) is 21.8. The van der Waals surface area contributed by atoms with E-state index < -0.39 is 0 Å². The molecule has 4 aliphatic rings. The number of hydrogen-bond acceptors (Lipinski definition) is 7. The van der Waals surface area contributed by atoms with E-state index >= 15 is 0 Å². The summed E-state index contributed by atoms with van der Waals surface area (Å²) in [5, 5.41) is 3.10. The summed E-state index contributed by atoms with van der Waals surface area (Å²) in [6.45, 7) is 7.52. The molecule has 1 saturated carbocycles. The number of anilines is 1. The highest BCUT2D eigenvalue weighted by Crippen LogP contribution is 2.34. The van der Waals surface area contributed by atoms with Gasteiger partial charge in [-0.15, -0.1) is 0 Å². The molecular formula is C25H38N4O4. The Hall–Kier alpha value is -2.06. The zero-order valence-corrected chi connectivity index (χ0v) is 19.7. The molecule has 5 rings (SSSR count). The Morgan fingerprint density at radius 2 is 1.85 bits per heavy atom. The second kappa shape index (κ2) is 10.9. The lowest BCUT2D eigenvalue weighted by atomic mass is 9.84. The Kier molecular flexibility index (Phi) is 7.51. The molecule has 1 aromatic heterocycles. The molecule has 0 bridgehead atoms. The lowest BCUT2D eigenvalue weighted by Gasteiger charge is -2.37. The van der Waals surface area contributed by atoms with Gasteiger partial charge in [-0.25, -0.2) is 9.78 Å². The molecule has 1 aliphatic carbocycles. The van der Waals surface area contributed by atoms with Crippen molar-refractivity contribution in [1.82, 2.24) is 15.2 Å². The average Bonchev–Trinajstić information content (AvgIpc) is 3.34. The zero-order chi connectivity index (χ0) is 22.5. The van der Waals surface area contributed by atoms with Gasteiger partial charge in [0.25, 0.3) is 0 Å². The summed E-state index contributed by atoms with van der Waals surface area (Å²) >= 11 is 0. The molecule has 8 nitrogen and oxygen atoms in total. The van der Waals surface area contributed by atoms with Crippen LogP contribution in [-0.2, 0) is 15.9 Å². The molecule has 1 N–H and O–H groups in total. The number of piperazine rings is 1. The molecule has 2 saturated heterocycles. The first-order valence-corrected chi connectivity index (χ1v) is 12.9. The molecule has 4 heterocycles. The van der Waals surface area contributed by atoms with Gasteiger partial charge in [0.2, 0.25) is 0 Å². The number of ether oxygens (including phenoxy) is 3. The van der Waals surface area contributed by atoms with Crippen LogP contribution < -0.4 is 15.0 Å². The van der Waals surface area contributed by atoms with Gasteiger partial charge in [0.15, 0.2) is 11.6 Å². The molecule has 0 spiro atoms. The van der Waals surface area contributed by atoms with Crippen molar-refractivity contribution < 1.29 is 19.0 Å². The first kappa shape index (κ1) is 22.7. The number of carbonyl (C=O) groups excluding carboxylic acids is 1. The second-order valence-corrected chi connectivity index (χ2v) is 9.92. The maximum Gasteiger partial charge on any atom is 0.407 e. The van der Waals surface area contributed by atoms with Crippen molar-refractivity contribution in [3.63, 3.8) is 0 Å². The third-order valence-electron chi connectivity index (χ3n) is 7.72. The molecule has 8 heteroatoms. The predicted octanol–water partition coefficient (Wildman–Crippen LogP) is 2.99. The lowest BCUT2D eigenvalue weighted by molar-refractivity contribution is 0.000273. The number of aromatic nitrogens is 1. The number of nitrogens with zero attached hydrogens (tertiary/aromatic N) is 3. The lowest BCUT2D eigenvalue weighted by Crippen LogP contribution is -2.47. The minimum atomic E-state index is -0.243. The molecule has 182 valence electrons. The van der Waals surface area contributed by atoms with Crippen LogP contribution in [0.4, 0.5) is 10.6 Å². The van der Waals surface area contributed by atoms with Crippen molar-refractivity contribution in [2.75, 3.05) is 57.4 Å². The molecule has 0 atom stereocenters. The van der Waals surface area contributed by atoms with Crippen molar-refractivity contribution in [2.24, 2.45) is 5.92 Å².